The fraction of sp³-hybridized carbons (Fsp3) is 0.231. The monoisotopic (exact) mass is 513 g/mol. The fourth-order valence-electron chi connectivity index (χ4n) is 3.73. The molecule has 0 bridgehead atoms. The lowest BCUT2D eigenvalue weighted by atomic mass is 10.0. The van der Waals surface area contributed by atoms with E-state index in [4.69, 9.17) is 18.9 Å². The number of ether oxygens (including phenoxy) is 4. The van der Waals surface area contributed by atoms with Gasteiger partial charge in [0.25, 0.3) is 0 Å². The van der Waals surface area contributed by atoms with Gasteiger partial charge in [-0.2, -0.15) is 4.57 Å². The van der Waals surface area contributed by atoms with E-state index in [2.05, 4.69) is 0 Å². The Balaban J connectivity index is 1.97. The number of aromatic nitrogens is 1. The average molecular weight is 514 g/mol. The SMILES string of the molecule is COc1cc(OC)c(/C=C/S(=O)(=O)Cc2ccc(OC)c(C(C(=O)[O-])[n+]3ccccc3)c2)c(OC)c1. The number of nitrogens with zero attached hydrogens (tertiary/aromatic N) is 1. The molecule has 3 rings (SSSR count). The second kappa shape index (κ2) is 11.6. The van der Waals surface area contributed by atoms with Crippen molar-refractivity contribution < 1.29 is 41.8 Å². The highest BCUT2D eigenvalue weighted by atomic mass is 32.2. The van der Waals surface area contributed by atoms with Gasteiger partial charge in [0.15, 0.2) is 22.2 Å². The van der Waals surface area contributed by atoms with Crippen molar-refractivity contribution in [3.63, 3.8) is 0 Å². The molecule has 0 N–H and O–H groups in total. The third-order valence-corrected chi connectivity index (χ3v) is 6.70. The van der Waals surface area contributed by atoms with E-state index < -0.39 is 21.8 Å². The van der Waals surface area contributed by atoms with Gasteiger partial charge in [-0.3, -0.25) is 0 Å². The van der Waals surface area contributed by atoms with E-state index in [0.29, 0.717) is 34.1 Å². The number of hydrogen-bond donors (Lipinski definition) is 0. The first-order valence-corrected chi connectivity index (χ1v) is 12.5. The normalized spacial score (nSPS) is 12.2. The van der Waals surface area contributed by atoms with Crippen LogP contribution in [0.3, 0.4) is 0 Å². The molecule has 1 atom stereocenters. The Bertz CT molecular complexity index is 1330. The average Bonchev–Trinajstić information content (AvgIpc) is 2.87. The minimum absolute atomic E-state index is 0.267. The lowest BCUT2D eigenvalue weighted by molar-refractivity contribution is -0.707. The predicted octanol–water partition coefficient (Wildman–Crippen LogP) is 1.93. The maximum atomic E-state index is 13.0. The summed E-state index contributed by atoms with van der Waals surface area (Å²) < 4.78 is 48.7. The maximum Gasteiger partial charge on any atom is 0.226 e. The molecule has 0 fully saturated rings. The minimum Gasteiger partial charge on any atom is -0.543 e. The summed E-state index contributed by atoms with van der Waals surface area (Å²) in [7, 11) is 2.04. The number of methoxy groups -OCH3 is 4. The van der Waals surface area contributed by atoms with E-state index in [9.17, 15) is 18.3 Å². The van der Waals surface area contributed by atoms with Gasteiger partial charge in [-0.05, 0) is 23.8 Å². The van der Waals surface area contributed by atoms with Gasteiger partial charge in [0.2, 0.25) is 6.04 Å². The summed E-state index contributed by atoms with van der Waals surface area (Å²) >= 11 is 0. The number of benzene rings is 2. The lowest BCUT2D eigenvalue weighted by Gasteiger charge is -2.17. The van der Waals surface area contributed by atoms with Crippen molar-refractivity contribution in [1.82, 2.24) is 0 Å². The summed E-state index contributed by atoms with van der Waals surface area (Å²) in [6.07, 6.45) is 4.56. The summed E-state index contributed by atoms with van der Waals surface area (Å²) in [4.78, 5) is 12.0. The van der Waals surface area contributed by atoms with Crippen molar-refractivity contribution in [3.8, 4) is 23.0 Å². The van der Waals surface area contributed by atoms with E-state index >= 15 is 0 Å². The Morgan fingerprint density at radius 1 is 0.917 bits per heavy atom. The van der Waals surface area contributed by atoms with E-state index in [1.165, 1.54) is 45.1 Å². The Hall–Kier alpha value is -4.05. The largest absolute Gasteiger partial charge is 0.543 e. The van der Waals surface area contributed by atoms with Crippen LogP contribution in [0.2, 0.25) is 0 Å². The van der Waals surface area contributed by atoms with E-state index in [0.717, 1.165) is 5.41 Å². The fourth-order valence-corrected chi connectivity index (χ4v) is 4.81. The zero-order valence-electron chi connectivity index (χ0n) is 20.3. The van der Waals surface area contributed by atoms with Crippen LogP contribution in [0.25, 0.3) is 6.08 Å². The molecule has 0 spiro atoms. The van der Waals surface area contributed by atoms with Crippen LogP contribution in [-0.2, 0) is 20.4 Å². The standard InChI is InChI=1S/C26H27NO8S/c1-32-19-15-23(34-3)20(24(16-19)35-4)10-13-36(30,31)17-18-8-9-22(33-2)21(14-18)25(26(28)29)27-11-6-5-7-12-27/h5-16,25H,17H2,1-4H3/b13-10+. The molecule has 0 amide bonds. The second-order valence-corrected chi connectivity index (χ2v) is 9.56. The number of carboxylic acids is 1. The first kappa shape index (κ1) is 26.6. The smallest absolute Gasteiger partial charge is 0.226 e. The van der Waals surface area contributed by atoms with E-state index in [1.807, 2.05) is 0 Å². The van der Waals surface area contributed by atoms with Crippen LogP contribution >= 0.6 is 0 Å². The van der Waals surface area contributed by atoms with Gasteiger partial charge in [-0.25, -0.2) is 8.42 Å². The zero-order valence-corrected chi connectivity index (χ0v) is 21.2. The summed E-state index contributed by atoms with van der Waals surface area (Å²) in [6, 6.07) is 11.8. The predicted molar refractivity (Wildman–Crippen MR) is 131 cm³/mol. The molecule has 0 saturated heterocycles. The zero-order chi connectivity index (χ0) is 26.3. The van der Waals surface area contributed by atoms with Crippen LogP contribution in [0.1, 0.15) is 22.7 Å². The van der Waals surface area contributed by atoms with Gasteiger partial charge >= 0.3 is 0 Å². The molecule has 2 aromatic carbocycles. The molecule has 1 heterocycles. The van der Waals surface area contributed by atoms with Gasteiger partial charge in [-0.15, -0.1) is 0 Å². The van der Waals surface area contributed by atoms with Crippen molar-refractivity contribution in [2.75, 3.05) is 28.4 Å². The molecule has 3 aromatic rings. The highest BCUT2D eigenvalue weighted by Gasteiger charge is 2.27. The highest BCUT2D eigenvalue weighted by molar-refractivity contribution is 7.93. The van der Waals surface area contributed by atoms with Crippen LogP contribution in [0, 0.1) is 0 Å². The number of carbonyl (C=O) groups is 1. The second-order valence-electron chi connectivity index (χ2n) is 7.68. The molecule has 190 valence electrons. The van der Waals surface area contributed by atoms with Gasteiger partial charge in [0, 0.05) is 29.7 Å². The van der Waals surface area contributed by atoms with Crippen LogP contribution in [0.15, 0.2) is 66.3 Å². The Labute approximate surface area is 210 Å². The number of hydrogen-bond acceptors (Lipinski definition) is 8. The summed E-state index contributed by atoms with van der Waals surface area (Å²) in [5, 5.41) is 13.1. The molecule has 0 radical (unpaired) electrons. The van der Waals surface area contributed by atoms with Gasteiger partial charge in [0.1, 0.15) is 29.0 Å². The van der Waals surface area contributed by atoms with Crippen molar-refractivity contribution >= 4 is 21.9 Å². The number of carbonyl (C=O) groups excluding carboxylic acids is 1. The van der Waals surface area contributed by atoms with Crippen LogP contribution in [0.4, 0.5) is 0 Å². The minimum atomic E-state index is -3.78. The molecular formula is C26H27NO8S. The highest BCUT2D eigenvalue weighted by Crippen LogP contribution is 2.35. The Kier molecular flexibility index (Phi) is 8.55. The molecule has 1 aromatic heterocycles. The number of aliphatic carboxylic acids is 1. The molecule has 1 unspecified atom stereocenters. The van der Waals surface area contributed by atoms with E-state index in [1.54, 1.807) is 54.9 Å². The Morgan fingerprint density at radius 3 is 2.06 bits per heavy atom. The maximum absolute atomic E-state index is 13.0. The van der Waals surface area contributed by atoms with Crippen molar-refractivity contribution in [2.24, 2.45) is 0 Å². The molecule has 10 heteroatoms. The number of carboxylic acid groups (broad SMARTS) is 1. The van der Waals surface area contributed by atoms with Crippen molar-refractivity contribution in [3.05, 3.63) is 83.0 Å². The van der Waals surface area contributed by atoms with Crippen molar-refractivity contribution in [1.29, 1.82) is 0 Å². The van der Waals surface area contributed by atoms with Crippen molar-refractivity contribution in [2.45, 2.75) is 11.8 Å². The lowest BCUT2D eigenvalue weighted by Crippen LogP contribution is -2.49. The first-order valence-electron chi connectivity index (χ1n) is 10.8. The number of pyridine rings is 1. The van der Waals surface area contributed by atoms with Gasteiger partial charge in [0.05, 0.1) is 45.3 Å². The van der Waals surface area contributed by atoms with Gasteiger partial charge < -0.3 is 28.8 Å². The number of sulfone groups is 1. The quantitative estimate of drug-likeness (QED) is 0.357. The van der Waals surface area contributed by atoms with Gasteiger partial charge in [-0.1, -0.05) is 12.1 Å². The molecule has 0 saturated carbocycles. The third-order valence-electron chi connectivity index (χ3n) is 5.41. The molecular weight excluding hydrogens is 486 g/mol. The molecule has 0 aliphatic carbocycles. The third kappa shape index (κ3) is 6.14. The number of rotatable bonds is 11. The summed E-state index contributed by atoms with van der Waals surface area (Å²) in [5.41, 5.74) is 1.08. The van der Waals surface area contributed by atoms with Crippen LogP contribution < -0.4 is 28.6 Å². The first-order chi connectivity index (χ1) is 17.2. The molecule has 0 aliphatic rings. The molecule has 0 aliphatic heterocycles. The summed E-state index contributed by atoms with van der Waals surface area (Å²) in [6.45, 7) is 0. The summed E-state index contributed by atoms with van der Waals surface area (Å²) in [5.74, 6) is -0.191. The van der Waals surface area contributed by atoms with Crippen LogP contribution in [-0.4, -0.2) is 42.8 Å². The van der Waals surface area contributed by atoms with Crippen LogP contribution in [0.5, 0.6) is 23.0 Å². The Morgan fingerprint density at radius 2 is 1.53 bits per heavy atom. The van der Waals surface area contributed by atoms with E-state index in [-0.39, 0.29) is 11.3 Å². The molecule has 9 nitrogen and oxygen atoms in total. The molecule has 36 heavy (non-hydrogen) atoms. The topological polar surface area (TPSA) is 115 Å².